The van der Waals surface area contributed by atoms with Gasteiger partial charge in [-0.2, -0.15) is 8.78 Å². The fourth-order valence-electron chi connectivity index (χ4n) is 5.56. The number of hydrogen-bond acceptors (Lipinski definition) is 3. The monoisotopic (exact) mass is 682 g/mol. The van der Waals surface area contributed by atoms with Gasteiger partial charge in [0.15, 0.2) is 23.7 Å². The van der Waals surface area contributed by atoms with Crippen LogP contribution < -0.4 is 4.74 Å². The molecule has 1 heterocycles. The van der Waals surface area contributed by atoms with E-state index < -0.39 is 75.6 Å². The molecule has 5 rings (SSSR count). The molecule has 0 spiro atoms. The van der Waals surface area contributed by atoms with Crippen molar-refractivity contribution in [3.05, 3.63) is 113 Å². The Balaban J connectivity index is 1.28. The second-order valence-corrected chi connectivity index (χ2v) is 11.6. The summed E-state index contributed by atoms with van der Waals surface area (Å²) in [6.45, 7) is 3.12. The van der Waals surface area contributed by atoms with Crippen LogP contribution in [0.5, 0.6) is 5.75 Å². The van der Waals surface area contributed by atoms with Crippen molar-refractivity contribution in [3.63, 3.8) is 0 Å². The number of ether oxygens (including phenoxy) is 3. The van der Waals surface area contributed by atoms with E-state index in [1.807, 2.05) is 0 Å². The zero-order chi connectivity index (χ0) is 34.6. The standard InChI is InChI=1S/C36H31F9O3/c1-2-3-4-5-6-7-20-18-46-35(47-19-20)22-9-11-25(28(38)13-22)21-8-10-26(27(37)12-21)23-14-29(39)33(30(40)15-23)36(44,45)48-24-16-31(41)34(43)32(42)17-24/h8-17,20,35H,2-7,18-19H2,1H3. The van der Waals surface area contributed by atoms with E-state index in [4.69, 9.17) is 9.47 Å². The molecule has 48 heavy (non-hydrogen) atoms. The summed E-state index contributed by atoms with van der Waals surface area (Å²) in [4.78, 5) is 0. The van der Waals surface area contributed by atoms with Gasteiger partial charge in [0.2, 0.25) is 0 Å². The van der Waals surface area contributed by atoms with Crippen LogP contribution in [0.15, 0.2) is 60.7 Å². The van der Waals surface area contributed by atoms with Crippen LogP contribution >= 0.6 is 0 Å². The van der Waals surface area contributed by atoms with Crippen molar-refractivity contribution in [2.75, 3.05) is 13.2 Å². The van der Waals surface area contributed by atoms with Gasteiger partial charge in [-0.25, -0.2) is 30.7 Å². The summed E-state index contributed by atoms with van der Waals surface area (Å²) in [5, 5.41) is 0. The highest BCUT2D eigenvalue weighted by molar-refractivity contribution is 5.72. The average Bonchev–Trinajstić information content (AvgIpc) is 3.03. The zero-order valence-corrected chi connectivity index (χ0v) is 25.7. The molecule has 0 N–H and O–H groups in total. The van der Waals surface area contributed by atoms with Crippen molar-refractivity contribution in [3.8, 4) is 28.0 Å². The Morgan fingerprint density at radius 1 is 0.646 bits per heavy atom. The second-order valence-electron chi connectivity index (χ2n) is 11.6. The quantitative estimate of drug-likeness (QED) is 0.0846. The van der Waals surface area contributed by atoms with E-state index in [-0.39, 0.29) is 29.2 Å². The topological polar surface area (TPSA) is 27.7 Å². The van der Waals surface area contributed by atoms with Crippen LogP contribution in [0.25, 0.3) is 22.3 Å². The van der Waals surface area contributed by atoms with Crippen molar-refractivity contribution in [2.45, 2.75) is 57.8 Å². The van der Waals surface area contributed by atoms with Crippen molar-refractivity contribution in [1.29, 1.82) is 0 Å². The lowest BCUT2D eigenvalue weighted by Gasteiger charge is -2.29. The number of rotatable bonds is 12. The van der Waals surface area contributed by atoms with E-state index in [1.165, 1.54) is 37.5 Å². The molecule has 0 atom stereocenters. The molecule has 0 amide bonds. The highest BCUT2D eigenvalue weighted by atomic mass is 19.3. The molecular formula is C36H31F9O3. The average molecular weight is 683 g/mol. The van der Waals surface area contributed by atoms with Gasteiger partial charge in [-0.15, -0.1) is 0 Å². The van der Waals surface area contributed by atoms with Gasteiger partial charge in [0.1, 0.15) is 34.6 Å². The van der Waals surface area contributed by atoms with E-state index >= 15 is 8.78 Å². The zero-order valence-electron chi connectivity index (χ0n) is 25.7. The number of alkyl halides is 2. The summed E-state index contributed by atoms with van der Waals surface area (Å²) < 4.78 is 145. The summed E-state index contributed by atoms with van der Waals surface area (Å²) in [6, 6.07) is 8.51. The molecule has 1 fully saturated rings. The van der Waals surface area contributed by atoms with Gasteiger partial charge in [0, 0.05) is 34.7 Å². The highest BCUT2D eigenvalue weighted by Crippen LogP contribution is 2.39. The molecule has 4 aromatic rings. The third-order valence-corrected chi connectivity index (χ3v) is 8.08. The molecule has 3 nitrogen and oxygen atoms in total. The van der Waals surface area contributed by atoms with E-state index in [0.717, 1.165) is 31.4 Å². The van der Waals surface area contributed by atoms with Crippen LogP contribution in [-0.2, 0) is 15.6 Å². The minimum absolute atomic E-state index is 0.0168. The van der Waals surface area contributed by atoms with E-state index in [0.29, 0.717) is 30.9 Å². The van der Waals surface area contributed by atoms with E-state index in [1.54, 1.807) is 6.07 Å². The summed E-state index contributed by atoms with van der Waals surface area (Å²) in [5.41, 5.74) is -2.26. The van der Waals surface area contributed by atoms with Crippen molar-refractivity contribution in [2.24, 2.45) is 5.92 Å². The Morgan fingerprint density at radius 3 is 1.81 bits per heavy atom. The highest BCUT2D eigenvalue weighted by Gasteiger charge is 2.41. The van der Waals surface area contributed by atoms with Gasteiger partial charge >= 0.3 is 6.11 Å². The lowest BCUT2D eigenvalue weighted by molar-refractivity contribution is -0.206. The third-order valence-electron chi connectivity index (χ3n) is 8.08. The maximum absolute atomic E-state index is 15.2. The van der Waals surface area contributed by atoms with Gasteiger partial charge in [-0.3, -0.25) is 0 Å². The molecule has 0 unspecified atom stereocenters. The third kappa shape index (κ3) is 7.98. The van der Waals surface area contributed by atoms with Crippen LogP contribution in [0.3, 0.4) is 0 Å². The Hall–Kier alpha value is -4.03. The van der Waals surface area contributed by atoms with Crippen LogP contribution in [0.4, 0.5) is 39.5 Å². The molecule has 0 aromatic heterocycles. The van der Waals surface area contributed by atoms with Crippen molar-refractivity contribution in [1.82, 2.24) is 0 Å². The molecule has 0 bridgehead atoms. The molecular weight excluding hydrogens is 651 g/mol. The van der Waals surface area contributed by atoms with Crippen LogP contribution in [0, 0.1) is 46.6 Å². The van der Waals surface area contributed by atoms with Crippen molar-refractivity contribution >= 4 is 0 Å². The van der Waals surface area contributed by atoms with Crippen molar-refractivity contribution < 1.29 is 53.7 Å². The first kappa shape index (κ1) is 35.3. The first-order valence-corrected chi connectivity index (χ1v) is 15.4. The second kappa shape index (κ2) is 15.0. The van der Waals surface area contributed by atoms with Gasteiger partial charge < -0.3 is 14.2 Å². The molecule has 0 aliphatic carbocycles. The number of halogens is 9. The number of unbranched alkanes of at least 4 members (excludes halogenated alkanes) is 4. The molecule has 256 valence electrons. The Labute approximate surface area is 271 Å². The summed E-state index contributed by atoms with van der Waals surface area (Å²) in [6.07, 6.45) is 1.25. The molecule has 0 radical (unpaired) electrons. The molecule has 1 aliphatic heterocycles. The van der Waals surface area contributed by atoms with Gasteiger partial charge in [-0.05, 0) is 41.8 Å². The maximum atomic E-state index is 15.2. The summed E-state index contributed by atoms with van der Waals surface area (Å²) in [7, 11) is 0. The number of hydrogen-bond donors (Lipinski definition) is 0. The van der Waals surface area contributed by atoms with E-state index in [9.17, 15) is 30.7 Å². The molecule has 1 saturated heterocycles. The van der Waals surface area contributed by atoms with Gasteiger partial charge in [0.25, 0.3) is 0 Å². The fraction of sp³-hybridized carbons (Fsp3) is 0.333. The smallest absolute Gasteiger partial charge is 0.429 e. The number of benzene rings is 4. The van der Waals surface area contributed by atoms with Crippen LogP contribution in [0.1, 0.15) is 62.9 Å². The van der Waals surface area contributed by atoms with Gasteiger partial charge in [0.05, 0.1) is 13.2 Å². The lowest BCUT2D eigenvalue weighted by Crippen LogP contribution is -2.27. The first-order valence-electron chi connectivity index (χ1n) is 15.4. The predicted molar refractivity (Wildman–Crippen MR) is 159 cm³/mol. The van der Waals surface area contributed by atoms with E-state index in [2.05, 4.69) is 11.7 Å². The summed E-state index contributed by atoms with van der Waals surface area (Å²) in [5.74, 6) is -12.1. The summed E-state index contributed by atoms with van der Waals surface area (Å²) >= 11 is 0. The normalized spacial score (nSPS) is 16.7. The Bertz CT molecular complexity index is 1710. The minimum atomic E-state index is -4.81. The van der Waals surface area contributed by atoms with Crippen LogP contribution in [-0.4, -0.2) is 13.2 Å². The fourth-order valence-corrected chi connectivity index (χ4v) is 5.56. The molecule has 4 aromatic carbocycles. The Morgan fingerprint density at radius 2 is 1.21 bits per heavy atom. The van der Waals surface area contributed by atoms with Gasteiger partial charge in [-0.1, -0.05) is 63.3 Å². The first-order chi connectivity index (χ1) is 22.9. The minimum Gasteiger partial charge on any atom is -0.429 e. The predicted octanol–water partition coefficient (Wildman–Crippen LogP) is 11.1. The maximum Gasteiger partial charge on any atom is 0.432 e. The molecule has 12 heteroatoms. The lowest BCUT2D eigenvalue weighted by atomic mass is 9.97. The van der Waals surface area contributed by atoms with Crippen LogP contribution in [0.2, 0.25) is 0 Å². The molecule has 1 aliphatic rings. The SMILES string of the molecule is CCCCCCCC1COC(c2ccc(-c3ccc(-c4cc(F)c(C(F)(F)Oc5cc(F)c(F)c(F)c5)c(F)c4)c(F)c3)c(F)c2)OC1. The largest absolute Gasteiger partial charge is 0.432 e. The Kier molecular flexibility index (Phi) is 11.0. The molecule has 0 saturated carbocycles.